The molecule has 8 heteroatoms. The summed E-state index contributed by atoms with van der Waals surface area (Å²) < 4.78 is 37.3. The number of para-hydroxylation sites is 1. The Morgan fingerprint density at radius 2 is 2.00 bits per heavy atom. The monoisotopic (exact) mass is 407 g/mol. The summed E-state index contributed by atoms with van der Waals surface area (Å²) in [5, 5.41) is 0. The summed E-state index contributed by atoms with van der Waals surface area (Å²) in [7, 11) is 2.80. The number of hydrogen-bond donors (Lipinski definition) is 0. The minimum absolute atomic E-state index is 0.119. The number of nitrogens with zero attached hydrogens (tertiary/aromatic N) is 3. The minimum Gasteiger partial charge on any atom is -0.493 e. The van der Waals surface area contributed by atoms with Gasteiger partial charge < -0.3 is 18.9 Å². The Morgan fingerprint density at radius 3 is 2.68 bits per heavy atom. The van der Waals surface area contributed by atoms with Gasteiger partial charge in [0, 0.05) is 25.0 Å². The molecule has 0 radical (unpaired) electrons. The van der Waals surface area contributed by atoms with Gasteiger partial charge in [0.1, 0.15) is 15.7 Å². The molecular weight excluding hydrogens is 378 g/mol. The van der Waals surface area contributed by atoms with Crippen LogP contribution in [0.3, 0.4) is 0 Å². The summed E-state index contributed by atoms with van der Waals surface area (Å²) in [6.45, 7) is 1.52. The van der Waals surface area contributed by atoms with Crippen molar-refractivity contribution in [3.05, 3.63) is 30.6 Å². The number of methoxy groups -OCH3 is 1. The van der Waals surface area contributed by atoms with E-state index in [1.807, 2.05) is 38.5 Å². The molecule has 0 bridgehead atoms. The lowest BCUT2D eigenvalue weighted by Gasteiger charge is -2.25. The highest BCUT2D eigenvalue weighted by Gasteiger charge is 2.27. The smallest absolute Gasteiger partial charge is 0.172 e. The Labute approximate surface area is 167 Å². The molecule has 1 aromatic carbocycles. The Morgan fingerprint density at radius 1 is 1.25 bits per heavy atom. The van der Waals surface area contributed by atoms with Crippen molar-refractivity contribution in [2.24, 2.45) is 0 Å². The van der Waals surface area contributed by atoms with E-state index in [2.05, 4.69) is 14.5 Å². The SMILES string of the molecule is COc1cccc(-c2nccn2C2CCS(=O)(=O)CC2)c1OCCCN(C)C. The molecule has 154 valence electrons. The van der Waals surface area contributed by atoms with Crippen LogP contribution in [0.15, 0.2) is 30.6 Å². The van der Waals surface area contributed by atoms with E-state index < -0.39 is 9.84 Å². The van der Waals surface area contributed by atoms with E-state index >= 15 is 0 Å². The lowest BCUT2D eigenvalue weighted by Crippen LogP contribution is -2.25. The van der Waals surface area contributed by atoms with Gasteiger partial charge in [0.15, 0.2) is 11.5 Å². The van der Waals surface area contributed by atoms with Gasteiger partial charge in [-0.1, -0.05) is 6.07 Å². The molecule has 1 saturated heterocycles. The largest absolute Gasteiger partial charge is 0.493 e. The predicted octanol–water partition coefficient (Wildman–Crippen LogP) is 2.64. The summed E-state index contributed by atoms with van der Waals surface area (Å²) in [5.41, 5.74) is 0.864. The highest BCUT2D eigenvalue weighted by molar-refractivity contribution is 7.91. The van der Waals surface area contributed by atoms with Crippen molar-refractivity contribution >= 4 is 9.84 Å². The molecule has 1 fully saturated rings. The minimum atomic E-state index is -2.91. The molecule has 0 atom stereocenters. The van der Waals surface area contributed by atoms with E-state index in [-0.39, 0.29) is 17.5 Å². The van der Waals surface area contributed by atoms with Crippen LogP contribution in [0.2, 0.25) is 0 Å². The van der Waals surface area contributed by atoms with Crippen LogP contribution in [0.5, 0.6) is 11.5 Å². The second kappa shape index (κ2) is 8.96. The molecule has 28 heavy (non-hydrogen) atoms. The standard InChI is InChI=1S/C20H29N3O4S/c1-22(2)11-5-13-27-19-17(6-4-7-18(19)26-3)20-21-10-12-23(20)16-8-14-28(24,25)15-9-16/h4,6-7,10,12,16H,5,8-9,11,13-15H2,1-3H3. The van der Waals surface area contributed by atoms with Crippen molar-refractivity contribution in [3.8, 4) is 22.9 Å². The molecular formula is C20H29N3O4S. The number of aromatic nitrogens is 2. The van der Waals surface area contributed by atoms with E-state index in [4.69, 9.17) is 9.47 Å². The molecule has 3 rings (SSSR count). The zero-order valence-corrected chi connectivity index (χ0v) is 17.6. The van der Waals surface area contributed by atoms with Crippen molar-refractivity contribution in [3.63, 3.8) is 0 Å². The molecule has 0 spiro atoms. The van der Waals surface area contributed by atoms with E-state index in [1.54, 1.807) is 13.3 Å². The predicted molar refractivity (Wildman–Crippen MR) is 110 cm³/mol. The Bertz CT molecular complexity index is 879. The number of imidazole rings is 1. The fourth-order valence-electron chi connectivity index (χ4n) is 3.53. The third-order valence-electron chi connectivity index (χ3n) is 5.02. The zero-order chi connectivity index (χ0) is 20.1. The zero-order valence-electron chi connectivity index (χ0n) is 16.8. The highest BCUT2D eigenvalue weighted by Crippen LogP contribution is 2.39. The van der Waals surface area contributed by atoms with Crippen molar-refractivity contribution in [2.45, 2.75) is 25.3 Å². The summed E-state index contributed by atoms with van der Waals surface area (Å²) in [4.78, 5) is 6.68. The number of rotatable bonds is 8. The van der Waals surface area contributed by atoms with Gasteiger partial charge in [0.25, 0.3) is 0 Å². The molecule has 2 heterocycles. The van der Waals surface area contributed by atoms with Crippen LogP contribution in [-0.4, -0.2) is 68.7 Å². The van der Waals surface area contributed by atoms with Gasteiger partial charge in [0.2, 0.25) is 0 Å². The normalized spacial score (nSPS) is 17.0. The highest BCUT2D eigenvalue weighted by atomic mass is 32.2. The van der Waals surface area contributed by atoms with Crippen LogP contribution in [0.1, 0.15) is 25.3 Å². The van der Waals surface area contributed by atoms with E-state index in [1.165, 1.54) is 0 Å². The number of benzene rings is 1. The number of sulfone groups is 1. The lowest BCUT2D eigenvalue weighted by molar-refractivity contribution is 0.269. The molecule has 0 saturated carbocycles. The maximum atomic E-state index is 11.8. The average molecular weight is 408 g/mol. The van der Waals surface area contributed by atoms with E-state index in [0.29, 0.717) is 30.9 Å². The van der Waals surface area contributed by atoms with Gasteiger partial charge in [-0.3, -0.25) is 0 Å². The van der Waals surface area contributed by atoms with Crippen LogP contribution >= 0.6 is 0 Å². The van der Waals surface area contributed by atoms with Gasteiger partial charge in [-0.15, -0.1) is 0 Å². The topological polar surface area (TPSA) is 73.7 Å². The first-order valence-electron chi connectivity index (χ1n) is 9.59. The first-order chi connectivity index (χ1) is 13.4. The maximum Gasteiger partial charge on any atom is 0.172 e. The first-order valence-corrected chi connectivity index (χ1v) is 11.4. The summed E-state index contributed by atoms with van der Waals surface area (Å²) in [6.07, 6.45) is 5.80. The second-order valence-corrected chi connectivity index (χ2v) is 9.69. The van der Waals surface area contributed by atoms with Crippen molar-refractivity contribution in [2.75, 3.05) is 45.9 Å². The molecule has 0 amide bonds. The molecule has 0 N–H and O–H groups in total. The van der Waals surface area contributed by atoms with Gasteiger partial charge in [-0.05, 0) is 45.5 Å². The summed E-state index contributed by atoms with van der Waals surface area (Å²) in [5.74, 6) is 2.58. The second-order valence-electron chi connectivity index (χ2n) is 7.38. The molecule has 1 aliphatic heterocycles. The summed E-state index contributed by atoms with van der Waals surface area (Å²) in [6, 6.07) is 5.90. The van der Waals surface area contributed by atoms with Crippen molar-refractivity contribution in [1.82, 2.24) is 14.5 Å². The molecule has 0 aliphatic carbocycles. The van der Waals surface area contributed by atoms with Gasteiger partial charge in [-0.25, -0.2) is 13.4 Å². The van der Waals surface area contributed by atoms with Gasteiger partial charge >= 0.3 is 0 Å². The Balaban J connectivity index is 1.87. The van der Waals surface area contributed by atoms with E-state index in [0.717, 1.165) is 24.4 Å². The third kappa shape index (κ3) is 4.86. The Kier molecular flexibility index (Phi) is 6.61. The maximum absolute atomic E-state index is 11.8. The van der Waals surface area contributed by atoms with Gasteiger partial charge in [0.05, 0.1) is 30.8 Å². The van der Waals surface area contributed by atoms with Crippen LogP contribution in [0.25, 0.3) is 11.4 Å². The molecule has 2 aromatic rings. The summed E-state index contributed by atoms with van der Waals surface area (Å²) >= 11 is 0. The van der Waals surface area contributed by atoms with E-state index in [9.17, 15) is 8.42 Å². The van der Waals surface area contributed by atoms with Crippen molar-refractivity contribution < 1.29 is 17.9 Å². The van der Waals surface area contributed by atoms with Crippen molar-refractivity contribution in [1.29, 1.82) is 0 Å². The average Bonchev–Trinajstić information content (AvgIpc) is 3.14. The van der Waals surface area contributed by atoms with Crippen LogP contribution in [0, 0.1) is 0 Å². The fourth-order valence-corrected chi connectivity index (χ4v) is 5.00. The Hall–Kier alpha value is -2.06. The number of ether oxygens (including phenoxy) is 2. The molecule has 1 aromatic heterocycles. The molecule has 0 unspecified atom stereocenters. The van der Waals surface area contributed by atoms with Gasteiger partial charge in [-0.2, -0.15) is 0 Å². The quantitative estimate of drug-likeness (QED) is 0.627. The van der Waals surface area contributed by atoms with Crippen LogP contribution < -0.4 is 9.47 Å². The van der Waals surface area contributed by atoms with Crippen LogP contribution in [0.4, 0.5) is 0 Å². The third-order valence-corrected chi connectivity index (χ3v) is 6.74. The fraction of sp³-hybridized carbons (Fsp3) is 0.550. The first kappa shape index (κ1) is 20.7. The molecule has 1 aliphatic rings. The number of hydrogen-bond acceptors (Lipinski definition) is 6. The lowest BCUT2D eigenvalue weighted by atomic mass is 10.1. The molecule has 7 nitrogen and oxygen atoms in total. The van der Waals surface area contributed by atoms with Crippen LogP contribution in [-0.2, 0) is 9.84 Å².